The van der Waals surface area contributed by atoms with Crippen LogP contribution in [0.25, 0.3) is 0 Å². The first-order chi connectivity index (χ1) is 8.95. The molecular weight excluding hydrogens is 312 g/mol. The summed E-state index contributed by atoms with van der Waals surface area (Å²) in [5.74, 6) is -0.877. The van der Waals surface area contributed by atoms with Gasteiger partial charge in [0.15, 0.2) is 0 Å². The predicted molar refractivity (Wildman–Crippen MR) is 75.9 cm³/mol. The second kappa shape index (κ2) is 5.80. The summed E-state index contributed by atoms with van der Waals surface area (Å²) in [6.07, 6.45) is 0.263. The second-order valence-electron chi connectivity index (χ2n) is 4.61. The Morgan fingerprint density at radius 3 is 2.58 bits per heavy atom. The van der Waals surface area contributed by atoms with Gasteiger partial charge in [0.2, 0.25) is 0 Å². The summed E-state index contributed by atoms with van der Waals surface area (Å²) < 4.78 is 27.6. The monoisotopic (exact) mass is 325 g/mol. The average molecular weight is 326 g/mol. The maximum Gasteiger partial charge on any atom is 0.126 e. The molecule has 0 amide bonds. The van der Waals surface area contributed by atoms with Crippen molar-refractivity contribution in [3.05, 3.63) is 69.2 Å². The fraction of sp³-hybridized carbons (Fsp3) is 0.200. The Morgan fingerprint density at radius 1 is 1.16 bits per heavy atom. The van der Waals surface area contributed by atoms with Crippen molar-refractivity contribution < 1.29 is 8.78 Å². The molecule has 2 aromatic rings. The highest BCUT2D eigenvalue weighted by molar-refractivity contribution is 9.10. The maximum absolute atomic E-state index is 13.6. The summed E-state index contributed by atoms with van der Waals surface area (Å²) in [5.41, 5.74) is 8.34. The van der Waals surface area contributed by atoms with Gasteiger partial charge in [-0.25, -0.2) is 8.78 Å². The minimum atomic E-state index is -0.450. The quantitative estimate of drug-likeness (QED) is 0.895. The Morgan fingerprint density at radius 2 is 1.89 bits per heavy atom. The Balaban J connectivity index is 2.25. The van der Waals surface area contributed by atoms with Gasteiger partial charge in [-0.15, -0.1) is 0 Å². The lowest BCUT2D eigenvalue weighted by atomic mass is 9.98. The summed E-state index contributed by atoms with van der Waals surface area (Å²) in [6, 6.07) is 8.88. The highest BCUT2D eigenvalue weighted by atomic mass is 79.9. The molecule has 2 rings (SSSR count). The Kier molecular flexibility index (Phi) is 4.32. The van der Waals surface area contributed by atoms with Crippen molar-refractivity contribution in [3.8, 4) is 0 Å². The SMILES string of the molecule is Cc1cc(Br)cc(C(N)Cc2cc(F)ccc2F)c1. The van der Waals surface area contributed by atoms with E-state index in [1.165, 1.54) is 6.07 Å². The fourth-order valence-corrected chi connectivity index (χ4v) is 2.66. The summed E-state index contributed by atoms with van der Waals surface area (Å²) in [6.45, 7) is 1.96. The van der Waals surface area contributed by atoms with E-state index in [-0.39, 0.29) is 12.5 Å². The topological polar surface area (TPSA) is 26.0 Å². The van der Waals surface area contributed by atoms with Crippen LogP contribution in [0.1, 0.15) is 22.7 Å². The van der Waals surface area contributed by atoms with Crippen molar-refractivity contribution in [2.45, 2.75) is 19.4 Å². The number of rotatable bonds is 3. The molecule has 0 radical (unpaired) electrons. The van der Waals surface area contributed by atoms with Gasteiger partial charge >= 0.3 is 0 Å². The number of halogens is 3. The molecule has 2 aromatic carbocycles. The van der Waals surface area contributed by atoms with Crippen LogP contribution in [-0.4, -0.2) is 0 Å². The smallest absolute Gasteiger partial charge is 0.126 e. The minimum absolute atomic E-state index is 0.263. The van der Waals surface area contributed by atoms with Crippen LogP contribution in [0.3, 0.4) is 0 Å². The lowest BCUT2D eigenvalue weighted by molar-refractivity contribution is 0.572. The van der Waals surface area contributed by atoms with E-state index in [4.69, 9.17) is 5.73 Å². The van der Waals surface area contributed by atoms with Gasteiger partial charge < -0.3 is 5.73 Å². The zero-order valence-electron chi connectivity index (χ0n) is 10.5. The molecule has 2 N–H and O–H groups in total. The van der Waals surface area contributed by atoms with Crippen LogP contribution < -0.4 is 5.73 Å². The third-order valence-corrected chi connectivity index (χ3v) is 3.40. The van der Waals surface area contributed by atoms with Crippen molar-refractivity contribution in [2.75, 3.05) is 0 Å². The zero-order valence-corrected chi connectivity index (χ0v) is 12.0. The molecule has 100 valence electrons. The van der Waals surface area contributed by atoms with Crippen molar-refractivity contribution in [1.29, 1.82) is 0 Å². The molecule has 0 saturated heterocycles. The molecule has 4 heteroatoms. The van der Waals surface area contributed by atoms with Crippen LogP contribution in [0.2, 0.25) is 0 Å². The van der Waals surface area contributed by atoms with E-state index >= 15 is 0 Å². The summed E-state index contributed by atoms with van der Waals surface area (Å²) in [4.78, 5) is 0. The molecule has 0 aliphatic carbocycles. The molecular formula is C15H14BrF2N. The van der Waals surface area contributed by atoms with E-state index < -0.39 is 11.6 Å². The summed E-state index contributed by atoms with van der Waals surface area (Å²) in [5, 5.41) is 0. The largest absolute Gasteiger partial charge is 0.324 e. The molecule has 0 aliphatic heterocycles. The van der Waals surface area contributed by atoms with Crippen LogP contribution in [0, 0.1) is 18.6 Å². The minimum Gasteiger partial charge on any atom is -0.324 e. The third-order valence-electron chi connectivity index (χ3n) is 2.94. The van der Waals surface area contributed by atoms with Crippen LogP contribution in [-0.2, 0) is 6.42 Å². The van der Waals surface area contributed by atoms with Crippen LogP contribution in [0.4, 0.5) is 8.78 Å². The van der Waals surface area contributed by atoms with Crippen molar-refractivity contribution >= 4 is 15.9 Å². The van der Waals surface area contributed by atoms with Crippen LogP contribution in [0.5, 0.6) is 0 Å². The van der Waals surface area contributed by atoms with Gasteiger partial charge in [0.1, 0.15) is 11.6 Å². The summed E-state index contributed by atoms with van der Waals surface area (Å²) in [7, 11) is 0. The standard InChI is InChI=1S/C15H14BrF2N/c1-9-4-11(6-12(16)5-9)15(19)8-10-7-13(17)2-3-14(10)18/h2-7,15H,8,19H2,1H3. The van der Waals surface area contributed by atoms with E-state index in [0.29, 0.717) is 5.56 Å². The van der Waals surface area contributed by atoms with Gasteiger partial charge in [-0.3, -0.25) is 0 Å². The number of hydrogen-bond acceptors (Lipinski definition) is 1. The molecule has 0 bridgehead atoms. The molecule has 0 saturated carbocycles. The third kappa shape index (κ3) is 3.61. The highest BCUT2D eigenvalue weighted by Crippen LogP contribution is 2.23. The van der Waals surface area contributed by atoms with E-state index in [1.807, 2.05) is 25.1 Å². The van der Waals surface area contributed by atoms with Gasteiger partial charge in [-0.2, -0.15) is 0 Å². The molecule has 1 atom stereocenters. The molecule has 0 fully saturated rings. The highest BCUT2D eigenvalue weighted by Gasteiger charge is 2.12. The molecule has 0 aromatic heterocycles. The van der Waals surface area contributed by atoms with Gasteiger partial charge in [0.25, 0.3) is 0 Å². The first-order valence-electron chi connectivity index (χ1n) is 5.92. The lowest BCUT2D eigenvalue weighted by Crippen LogP contribution is -2.14. The normalized spacial score (nSPS) is 12.5. The van der Waals surface area contributed by atoms with E-state index in [2.05, 4.69) is 15.9 Å². The number of aryl methyl sites for hydroxylation is 1. The van der Waals surface area contributed by atoms with Crippen molar-refractivity contribution in [2.24, 2.45) is 5.73 Å². The first-order valence-corrected chi connectivity index (χ1v) is 6.71. The Bertz CT molecular complexity index is 578. The molecule has 19 heavy (non-hydrogen) atoms. The maximum atomic E-state index is 13.6. The molecule has 0 aliphatic rings. The van der Waals surface area contributed by atoms with Crippen LogP contribution in [0.15, 0.2) is 40.9 Å². The summed E-state index contributed by atoms with van der Waals surface area (Å²) >= 11 is 3.40. The van der Waals surface area contributed by atoms with E-state index in [9.17, 15) is 8.78 Å². The average Bonchev–Trinajstić information content (AvgIpc) is 2.32. The molecule has 0 spiro atoms. The first kappa shape index (κ1) is 14.2. The van der Waals surface area contributed by atoms with Gasteiger partial charge in [0, 0.05) is 10.5 Å². The molecule has 1 unspecified atom stereocenters. The van der Waals surface area contributed by atoms with E-state index in [0.717, 1.165) is 27.7 Å². The Labute approximate surface area is 119 Å². The van der Waals surface area contributed by atoms with Crippen LogP contribution >= 0.6 is 15.9 Å². The number of nitrogens with two attached hydrogens (primary N) is 1. The van der Waals surface area contributed by atoms with E-state index in [1.54, 1.807) is 0 Å². The number of benzene rings is 2. The predicted octanol–water partition coefficient (Wildman–Crippen LogP) is 4.28. The molecule has 1 nitrogen and oxygen atoms in total. The van der Waals surface area contributed by atoms with Gasteiger partial charge in [-0.1, -0.05) is 22.0 Å². The fourth-order valence-electron chi connectivity index (χ4n) is 2.03. The Hall–Kier alpha value is -1.26. The van der Waals surface area contributed by atoms with Crippen molar-refractivity contribution in [1.82, 2.24) is 0 Å². The second-order valence-corrected chi connectivity index (χ2v) is 5.52. The van der Waals surface area contributed by atoms with Gasteiger partial charge in [-0.05, 0) is 60.4 Å². The zero-order chi connectivity index (χ0) is 14.0. The lowest BCUT2D eigenvalue weighted by Gasteiger charge is -2.14. The number of hydrogen-bond donors (Lipinski definition) is 1. The van der Waals surface area contributed by atoms with Crippen molar-refractivity contribution in [3.63, 3.8) is 0 Å². The van der Waals surface area contributed by atoms with Gasteiger partial charge in [0.05, 0.1) is 0 Å². The molecule has 0 heterocycles.